The molecule has 0 saturated heterocycles. The van der Waals surface area contributed by atoms with Crippen LogP contribution in [0.5, 0.6) is 11.5 Å². The monoisotopic (exact) mass is 551 g/mol. The minimum absolute atomic E-state index is 0.0148. The van der Waals surface area contributed by atoms with Crippen LogP contribution in [0.15, 0.2) is 41.4 Å². The van der Waals surface area contributed by atoms with Crippen molar-refractivity contribution in [2.24, 2.45) is 16.5 Å². The minimum atomic E-state index is -4.84. The highest BCUT2D eigenvalue weighted by molar-refractivity contribution is 6.03. The number of methoxy groups -OCH3 is 1. The number of benzene rings is 2. The molecule has 210 valence electrons. The first-order chi connectivity index (χ1) is 17.3. The summed E-state index contributed by atoms with van der Waals surface area (Å²) in [7, 11) is 1.17. The maximum atomic E-state index is 12.2. The lowest BCUT2D eigenvalue weighted by molar-refractivity contribution is -0.275. The zero-order valence-corrected chi connectivity index (χ0v) is 21.0. The molecule has 14 heteroatoms. The van der Waals surface area contributed by atoms with Gasteiger partial charge in [-0.1, -0.05) is 39.8 Å². The average Bonchev–Trinajstić information content (AvgIpc) is 2.75. The SMILES string of the molecule is CC(C)c1ccc(OC(F)(F)F)cc1C(=O)N=C(N)N.COC(=O)c1cc(OC(F)(F)F)ccc1C(C)C. The molecule has 2 rings (SSSR count). The number of carbonyl (C=O) groups is 2. The predicted molar refractivity (Wildman–Crippen MR) is 126 cm³/mol. The van der Waals surface area contributed by atoms with Gasteiger partial charge < -0.3 is 25.7 Å². The standard InChI is InChI=1S/C12H14F3N3O2.C12H13F3O3/c1-6(2)8-4-3-7(20-12(13,14)15)5-9(8)10(19)18-11(16)17;1-7(2)9-5-4-8(18-12(13,14)15)6-10(9)11(16)17-3/h3-6H,1-2H3,(H4,16,17,18,19);4-7H,1-3H3. The molecular formula is C24H27F6N3O5. The highest BCUT2D eigenvalue weighted by atomic mass is 19.4. The summed E-state index contributed by atoms with van der Waals surface area (Å²) in [6, 6.07) is 7.12. The quantitative estimate of drug-likeness (QED) is 0.207. The molecule has 8 nitrogen and oxygen atoms in total. The van der Waals surface area contributed by atoms with Crippen molar-refractivity contribution in [3.05, 3.63) is 58.7 Å². The number of esters is 1. The number of hydrogen-bond acceptors (Lipinski definition) is 5. The number of hydrogen-bond donors (Lipinski definition) is 2. The van der Waals surface area contributed by atoms with Gasteiger partial charge >= 0.3 is 18.7 Å². The van der Waals surface area contributed by atoms with Crippen molar-refractivity contribution in [2.45, 2.75) is 52.3 Å². The number of rotatable bonds is 6. The largest absolute Gasteiger partial charge is 0.573 e. The van der Waals surface area contributed by atoms with E-state index in [1.807, 2.05) is 13.8 Å². The van der Waals surface area contributed by atoms with Gasteiger partial charge in [0.15, 0.2) is 5.96 Å². The summed E-state index contributed by atoms with van der Waals surface area (Å²) in [6.45, 7) is 7.22. The molecule has 0 radical (unpaired) electrons. The van der Waals surface area contributed by atoms with E-state index in [4.69, 9.17) is 11.5 Å². The summed E-state index contributed by atoms with van der Waals surface area (Å²) in [5, 5.41) is 0. The van der Waals surface area contributed by atoms with E-state index < -0.39 is 42.1 Å². The summed E-state index contributed by atoms with van der Waals surface area (Å²) in [4.78, 5) is 26.6. The minimum Gasteiger partial charge on any atom is -0.465 e. The van der Waals surface area contributed by atoms with Crippen LogP contribution in [0.4, 0.5) is 26.3 Å². The molecule has 0 heterocycles. The van der Waals surface area contributed by atoms with Gasteiger partial charge in [-0.05, 0) is 47.2 Å². The van der Waals surface area contributed by atoms with E-state index in [-0.39, 0.29) is 23.0 Å². The summed E-state index contributed by atoms with van der Waals surface area (Å²) in [5.74, 6) is -3.02. The zero-order chi connectivity index (χ0) is 29.4. The van der Waals surface area contributed by atoms with Gasteiger partial charge in [-0.3, -0.25) is 4.79 Å². The predicted octanol–water partition coefficient (Wildman–Crippen LogP) is 5.62. The van der Waals surface area contributed by atoms with Crippen molar-refractivity contribution in [3.8, 4) is 11.5 Å². The number of nitrogens with two attached hydrogens (primary N) is 2. The Morgan fingerprint density at radius 2 is 1.16 bits per heavy atom. The van der Waals surface area contributed by atoms with Crippen LogP contribution in [0.3, 0.4) is 0 Å². The number of ether oxygens (including phenoxy) is 3. The molecule has 0 aliphatic carbocycles. The molecule has 2 aromatic rings. The van der Waals surface area contributed by atoms with Crippen LogP contribution in [0, 0.1) is 0 Å². The molecule has 0 aromatic heterocycles. The van der Waals surface area contributed by atoms with E-state index in [0.717, 1.165) is 18.2 Å². The van der Waals surface area contributed by atoms with Crippen LogP contribution < -0.4 is 20.9 Å². The second-order valence-corrected chi connectivity index (χ2v) is 8.24. The number of guanidine groups is 1. The summed E-state index contributed by atoms with van der Waals surface area (Å²) in [6.07, 6.45) is -9.62. The lowest BCUT2D eigenvalue weighted by Crippen LogP contribution is -2.24. The number of nitrogens with zero attached hydrogens (tertiary/aromatic N) is 1. The lowest BCUT2D eigenvalue weighted by atomic mass is 9.96. The smallest absolute Gasteiger partial charge is 0.465 e. The molecule has 38 heavy (non-hydrogen) atoms. The fourth-order valence-electron chi connectivity index (χ4n) is 3.12. The Morgan fingerprint density at radius 3 is 1.50 bits per heavy atom. The second kappa shape index (κ2) is 13.0. The summed E-state index contributed by atoms with van der Waals surface area (Å²) >= 11 is 0. The van der Waals surface area contributed by atoms with Gasteiger partial charge in [-0.15, -0.1) is 26.3 Å². The summed E-state index contributed by atoms with van der Waals surface area (Å²) in [5.41, 5.74) is 11.4. The first kappa shape index (κ1) is 32.1. The molecular weight excluding hydrogens is 524 g/mol. The number of amides is 1. The van der Waals surface area contributed by atoms with E-state index >= 15 is 0 Å². The second-order valence-electron chi connectivity index (χ2n) is 8.24. The van der Waals surface area contributed by atoms with Crippen LogP contribution in [0.25, 0.3) is 0 Å². The van der Waals surface area contributed by atoms with Gasteiger partial charge in [0, 0.05) is 5.56 Å². The Bertz CT molecular complexity index is 1160. The molecule has 2 aromatic carbocycles. The Labute approximate surface area is 214 Å². The number of halogens is 6. The topological polar surface area (TPSA) is 126 Å². The number of carbonyl (C=O) groups excluding carboxylic acids is 2. The Balaban J connectivity index is 0.000000382. The van der Waals surface area contributed by atoms with Crippen molar-refractivity contribution in [1.29, 1.82) is 0 Å². The van der Waals surface area contributed by atoms with Crippen molar-refractivity contribution >= 4 is 17.8 Å². The van der Waals surface area contributed by atoms with E-state index in [0.29, 0.717) is 11.1 Å². The molecule has 0 aliphatic heterocycles. The first-order valence-corrected chi connectivity index (χ1v) is 10.9. The van der Waals surface area contributed by atoms with Gasteiger partial charge in [0.05, 0.1) is 12.7 Å². The normalized spacial score (nSPS) is 11.4. The van der Waals surface area contributed by atoms with Gasteiger partial charge in [0.1, 0.15) is 11.5 Å². The highest BCUT2D eigenvalue weighted by Crippen LogP contribution is 2.30. The van der Waals surface area contributed by atoms with Crippen LogP contribution in [0.1, 0.15) is 71.4 Å². The van der Waals surface area contributed by atoms with Gasteiger partial charge in [-0.25, -0.2) is 4.79 Å². The Kier molecular flexibility index (Phi) is 11.0. The molecule has 0 fully saturated rings. The van der Waals surface area contributed by atoms with Crippen LogP contribution >= 0.6 is 0 Å². The third kappa shape index (κ3) is 10.6. The molecule has 0 atom stereocenters. The van der Waals surface area contributed by atoms with Crippen molar-refractivity contribution in [3.63, 3.8) is 0 Å². The maximum Gasteiger partial charge on any atom is 0.573 e. The van der Waals surface area contributed by atoms with Crippen molar-refractivity contribution in [2.75, 3.05) is 7.11 Å². The van der Waals surface area contributed by atoms with Crippen LogP contribution in [-0.2, 0) is 4.74 Å². The number of aliphatic imine (C=N–C) groups is 1. The third-order valence-corrected chi connectivity index (χ3v) is 4.63. The van der Waals surface area contributed by atoms with Gasteiger partial charge in [-0.2, -0.15) is 4.99 Å². The molecule has 1 amide bonds. The number of alkyl halides is 6. The molecule has 4 N–H and O–H groups in total. The Morgan fingerprint density at radius 1 is 0.763 bits per heavy atom. The van der Waals surface area contributed by atoms with E-state index in [1.54, 1.807) is 13.8 Å². The van der Waals surface area contributed by atoms with Crippen LogP contribution in [0.2, 0.25) is 0 Å². The molecule has 0 aliphatic rings. The van der Waals surface area contributed by atoms with E-state index in [2.05, 4.69) is 19.2 Å². The zero-order valence-electron chi connectivity index (χ0n) is 21.0. The van der Waals surface area contributed by atoms with E-state index in [9.17, 15) is 35.9 Å². The fraction of sp³-hybridized carbons (Fsp3) is 0.375. The molecule has 0 unspecified atom stereocenters. The molecule has 0 bridgehead atoms. The Hall–Kier alpha value is -3.97. The van der Waals surface area contributed by atoms with Gasteiger partial charge in [0.2, 0.25) is 0 Å². The highest BCUT2D eigenvalue weighted by Gasteiger charge is 2.32. The fourth-order valence-corrected chi connectivity index (χ4v) is 3.12. The lowest BCUT2D eigenvalue weighted by Gasteiger charge is -2.14. The maximum absolute atomic E-state index is 12.2. The van der Waals surface area contributed by atoms with Crippen LogP contribution in [-0.4, -0.2) is 37.7 Å². The molecule has 0 saturated carbocycles. The average molecular weight is 551 g/mol. The third-order valence-electron chi connectivity index (χ3n) is 4.63. The van der Waals surface area contributed by atoms with Gasteiger partial charge in [0.25, 0.3) is 5.91 Å². The first-order valence-electron chi connectivity index (χ1n) is 10.9. The summed E-state index contributed by atoms with van der Waals surface area (Å²) < 4.78 is 84.8. The molecule has 0 spiro atoms. The van der Waals surface area contributed by atoms with E-state index in [1.165, 1.54) is 25.3 Å². The van der Waals surface area contributed by atoms with Crippen molar-refractivity contribution in [1.82, 2.24) is 0 Å². The van der Waals surface area contributed by atoms with Crippen molar-refractivity contribution < 1.29 is 50.1 Å².